The molecule has 3 aromatic rings. The lowest BCUT2D eigenvalue weighted by Gasteiger charge is -2.24. The zero-order chi connectivity index (χ0) is 24.5. The van der Waals surface area contributed by atoms with E-state index in [-0.39, 0.29) is 35.9 Å². The van der Waals surface area contributed by atoms with Gasteiger partial charge in [0.2, 0.25) is 5.95 Å². The molecule has 182 valence electrons. The monoisotopic (exact) mass is 494 g/mol. The minimum absolute atomic E-state index is 0.0552. The molecule has 2 aromatic heterocycles. The van der Waals surface area contributed by atoms with E-state index in [1.807, 2.05) is 0 Å². The SMILES string of the molecule is C[C@H](NP(=O)(OC[C@H]1O[C@@H](n2cnc3c(=O)[nH]c(N)nc32)C[C@@H]1O)Oc1ccccc1)C(=O)O. The molecular weight excluding hydrogens is 471 g/mol. The quantitative estimate of drug-likeness (QED) is 0.260. The van der Waals surface area contributed by atoms with Crippen LogP contribution in [0.5, 0.6) is 5.75 Å². The number of nitrogen functional groups attached to an aromatic ring is 1. The molecule has 0 saturated carbocycles. The Hall–Kier alpha value is -3.29. The lowest BCUT2D eigenvalue weighted by Crippen LogP contribution is -2.35. The van der Waals surface area contributed by atoms with Crippen LogP contribution in [0.2, 0.25) is 0 Å². The summed E-state index contributed by atoms with van der Waals surface area (Å²) in [5.41, 5.74) is 5.33. The van der Waals surface area contributed by atoms with Gasteiger partial charge in [0.1, 0.15) is 24.1 Å². The topological polar surface area (TPSA) is 204 Å². The van der Waals surface area contributed by atoms with Crippen molar-refractivity contribution in [3.8, 4) is 5.75 Å². The summed E-state index contributed by atoms with van der Waals surface area (Å²) in [5.74, 6) is -1.16. The van der Waals surface area contributed by atoms with Crippen LogP contribution in [0.25, 0.3) is 11.2 Å². The van der Waals surface area contributed by atoms with Gasteiger partial charge >= 0.3 is 13.7 Å². The molecular formula is C19H23N6O8P. The highest BCUT2D eigenvalue weighted by molar-refractivity contribution is 7.52. The van der Waals surface area contributed by atoms with Gasteiger partial charge in [0.05, 0.1) is 19.0 Å². The summed E-state index contributed by atoms with van der Waals surface area (Å²) in [6.45, 7) is 0.901. The minimum Gasteiger partial charge on any atom is -0.480 e. The first-order valence-electron chi connectivity index (χ1n) is 10.2. The zero-order valence-electron chi connectivity index (χ0n) is 17.9. The Morgan fingerprint density at radius 2 is 2.18 bits per heavy atom. The molecule has 0 radical (unpaired) electrons. The number of carbonyl (C=O) groups is 1. The number of para-hydroxylation sites is 1. The number of aliphatic hydroxyl groups excluding tert-OH is 1. The molecule has 5 atom stereocenters. The zero-order valence-corrected chi connectivity index (χ0v) is 18.8. The van der Waals surface area contributed by atoms with Crippen molar-refractivity contribution in [1.82, 2.24) is 24.6 Å². The summed E-state index contributed by atoms with van der Waals surface area (Å²) in [5, 5.41) is 22.0. The molecule has 1 aliphatic rings. The van der Waals surface area contributed by atoms with Gasteiger partial charge in [0.25, 0.3) is 5.56 Å². The molecule has 1 aromatic carbocycles. The number of nitrogens with one attached hydrogen (secondary N) is 2. The maximum Gasteiger partial charge on any atom is 0.459 e. The molecule has 4 rings (SSSR count). The number of carboxylic acid groups (broad SMARTS) is 1. The average molecular weight is 494 g/mol. The number of fused-ring (bicyclic) bond motifs is 1. The molecule has 0 aliphatic carbocycles. The number of nitrogens with two attached hydrogens (primary N) is 1. The van der Waals surface area contributed by atoms with Gasteiger partial charge in [0, 0.05) is 6.42 Å². The molecule has 0 spiro atoms. The highest BCUT2D eigenvalue weighted by Crippen LogP contribution is 2.46. The van der Waals surface area contributed by atoms with Crippen molar-refractivity contribution < 1.29 is 33.4 Å². The predicted octanol–water partition coefficient (Wildman–Crippen LogP) is 0.617. The highest BCUT2D eigenvalue weighted by Gasteiger charge is 2.39. The first-order chi connectivity index (χ1) is 16.1. The molecule has 15 heteroatoms. The second kappa shape index (κ2) is 9.52. The van der Waals surface area contributed by atoms with Crippen LogP contribution in [0.4, 0.5) is 5.95 Å². The van der Waals surface area contributed by atoms with E-state index < -0.39 is 43.8 Å². The highest BCUT2D eigenvalue weighted by atomic mass is 31.2. The fourth-order valence-corrected chi connectivity index (χ4v) is 4.87. The smallest absolute Gasteiger partial charge is 0.459 e. The van der Waals surface area contributed by atoms with Crippen LogP contribution in [0.15, 0.2) is 41.5 Å². The number of anilines is 1. The Balaban J connectivity index is 1.49. The molecule has 3 heterocycles. The summed E-state index contributed by atoms with van der Waals surface area (Å²) in [7, 11) is -4.18. The van der Waals surface area contributed by atoms with Crippen LogP contribution in [0.3, 0.4) is 0 Å². The fourth-order valence-electron chi connectivity index (χ4n) is 3.36. The van der Waals surface area contributed by atoms with Gasteiger partial charge in [-0.05, 0) is 19.1 Å². The van der Waals surface area contributed by atoms with Crippen LogP contribution >= 0.6 is 7.75 Å². The van der Waals surface area contributed by atoms with E-state index >= 15 is 0 Å². The molecule has 1 aliphatic heterocycles. The number of rotatable bonds is 9. The molecule has 14 nitrogen and oxygen atoms in total. The van der Waals surface area contributed by atoms with E-state index in [1.54, 1.807) is 18.2 Å². The third-order valence-electron chi connectivity index (χ3n) is 5.06. The van der Waals surface area contributed by atoms with Crippen molar-refractivity contribution in [1.29, 1.82) is 0 Å². The van der Waals surface area contributed by atoms with Crippen molar-refractivity contribution in [2.24, 2.45) is 0 Å². The minimum atomic E-state index is -4.18. The lowest BCUT2D eigenvalue weighted by atomic mass is 10.2. The number of imidazole rings is 1. The summed E-state index contributed by atoms with van der Waals surface area (Å²) in [6.07, 6.45) is -1.31. The number of benzene rings is 1. The molecule has 0 amide bonds. The number of aliphatic carboxylic acids is 1. The standard InChI is InChI=1S/C19H23N6O8P/c1-10(18(28)29)24-34(30,33-11-5-3-2-4-6-11)31-8-13-12(26)7-14(32-13)25-9-21-15-16(25)22-19(20)23-17(15)27/h2-6,9-10,12-14,26H,7-8H2,1H3,(H,24,30)(H,28,29)(H3,20,22,23,27)/t10-,12-,13+,14+,34?/m0/s1. The number of aromatic nitrogens is 4. The van der Waals surface area contributed by atoms with E-state index in [9.17, 15) is 24.4 Å². The van der Waals surface area contributed by atoms with Crippen LogP contribution in [-0.4, -0.2) is 60.6 Å². The molecule has 1 unspecified atom stereocenters. The number of hydrogen-bond donors (Lipinski definition) is 5. The number of aliphatic hydroxyl groups is 1. The van der Waals surface area contributed by atoms with E-state index in [0.717, 1.165) is 0 Å². The largest absolute Gasteiger partial charge is 0.480 e. The van der Waals surface area contributed by atoms with Crippen LogP contribution < -0.4 is 20.9 Å². The third kappa shape index (κ3) is 5.11. The van der Waals surface area contributed by atoms with E-state index in [1.165, 1.54) is 30.0 Å². The van der Waals surface area contributed by atoms with Gasteiger partial charge in [-0.25, -0.2) is 9.55 Å². The van der Waals surface area contributed by atoms with E-state index in [2.05, 4.69) is 20.0 Å². The van der Waals surface area contributed by atoms with Crippen molar-refractivity contribution in [2.75, 3.05) is 12.3 Å². The van der Waals surface area contributed by atoms with Crippen LogP contribution in [0.1, 0.15) is 19.6 Å². The molecule has 1 fully saturated rings. The maximum atomic E-state index is 13.3. The molecule has 34 heavy (non-hydrogen) atoms. The van der Waals surface area contributed by atoms with Gasteiger partial charge < -0.3 is 25.2 Å². The molecule has 0 bridgehead atoms. The number of H-pyrrole nitrogens is 1. The van der Waals surface area contributed by atoms with Gasteiger partial charge in [0.15, 0.2) is 11.2 Å². The van der Waals surface area contributed by atoms with Gasteiger partial charge in [-0.3, -0.25) is 23.7 Å². The van der Waals surface area contributed by atoms with Crippen LogP contribution in [-0.2, 0) is 18.6 Å². The van der Waals surface area contributed by atoms with E-state index in [0.29, 0.717) is 0 Å². The second-order valence-corrected chi connectivity index (χ2v) is 9.29. The van der Waals surface area contributed by atoms with Crippen LogP contribution in [0, 0.1) is 0 Å². The Bertz CT molecular complexity index is 1280. The maximum absolute atomic E-state index is 13.3. The summed E-state index contributed by atoms with van der Waals surface area (Å²) >= 11 is 0. The fraction of sp³-hybridized carbons (Fsp3) is 0.368. The van der Waals surface area contributed by atoms with E-state index in [4.69, 9.17) is 19.5 Å². The van der Waals surface area contributed by atoms with Gasteiger partial charge in [-0.2, -0.15) is 10.1 Å². The number of carboxylic acids is 1. The van der Waals surface area contributed by atoms with Crippen molar-refractivity contribution in [2.45, 2.75) is 37.8 Å². The lowest BCUT2D eigenvalue weighted by molar-refractivity contribution is -0.138. The molecule has 6 N–H and O–H groups in total. The predicted molar refractivity (Wildman–Crippen MR) is 118 cm³/mol. The number of hydrogen-bond acceptors (Lipinski definition) is 10. The third-order valence-corrected chi connectivity index (χ3v) is 6.71. The summed E-state index contributed by atoms with van der Waals surface area (Å²) in [4.78, 5) is 33.7. The Kier molecular flexibility index (Phi) is 6.68. The number of aromatic amines is 1. The first-order valence-corrected chi connectivity index (χ1v) is 11.7. The Morgan fingerprint density at radius 1 is 1.44 bits per heavy atom. The van der Waals surface area contributed by atoms with Crippen molar-refractivity contribution in [3.05, 3.63) is 47.0 Å². The molecule has 1 saturated heterocycles. The first kappa shape index (κ1) is 23.9. The average Bonchev–Trinajstić information content (AvgIpc) is 3.36. The normalized spacial score (nSPS) is 22.9. The Morgan fingerprint density at radius 3 is 2.88 bits per heavy atom. The summed E-state index contributed by atoms with van der Waals surface area (Å²) in [6, 6.07) is 6.84. The number of nitrogens with zero attached hydrogens (tertiary/aromatic N) is 3. The van der Waals surface area contributed by atoms with Crippen molar-refractivity contribution >= 4 is 30.8 Å². The number of ether oxygens (including phenoxy) is 1. The van der Waals surface area contributed by atoms with Gasteiger partial charge in [-0.15, -0.1) is 0 Å². The Labute approximate surface area is 192 Å². The van der Waals surface area contributed by atoms with Gasteiger partial charge in [-0.1, -0.05) is 18.2 Å². The summed E-state index contributed by atoms with van der Waals surface area (Å²) < 4.78 is 31.5. The second-order valence-electron chi connectivity index (χ2n) is 7.59. The van der Waals surface area contributed by atoms with Crippen molar-refractivity contribution in [3.63, 3.8) is 0 Å².